The molecule has 3 aromatic rings. The molecular formula is C17H16ClFN2. The van der Waals surface area contributed by atoms with E-state index in [9.17, 15) is 4.39 Å². The number of imidazole rings is 1. The van der Waals surface area contributed by atoms with Crippen molar-refractivity contribution in [1.82, 2.24) is 9.55 Å². The average molecular weight is 303 g/mol. The zero-order chi connectivity index (χ0) is 14.7. The Morgan fingerprint density at radius 3 is 2.67 bits per heavy atom. The summed E-state index contributed by atoms with van der Waals surface area (Å²) in [5.41, 5.74) is 2.92. The van der Waals surface area contributed by atoms with Gasteiger partial charge in [-0.25, -0.2) is 9.37 Å². The smallest absolute Gasteiger partial charge is 0.125 e. The van der Waals surface area contributed by atoms with Gasteiger partial charge in [0.2, 0.25) is 0 Å². The quantitative estimate of drug-likeness (QED) is 0.632. The summed E-state index contributed by atoms with van der Waals surface area (Å²) < 4.78 is 15.5. The molecule has 3 rings (SSSR count). The van der Waals surface area contributed by atoms with Gasteiger partial charge in [-0.05, 0) is 36.6 Å². The first kappa shape index (κ1) is 14.1. The van der Waals surface area contributed by atoms with Crippen molar-refractivity contribution in [2.45, 2.75) is 25.3 Å². The molecule has 21 heavy (non-hydrogen) atoms. The highest BCUT2D eigenvalue weighted by Crippen LogP contribution is 2.19. The van der Waals surface area contributed by atoms with Crippen molar-refractivity contribution < 1.29 is 4.39 Å². The van der Waals surface area contributed by atoms with Crippen molar-refractivity contribution in [2.75, 3.05) is 0 Å². The second kappa shape index (κ2) is 6.27. The van der Waals surface area contributed by atoms with Gasteiger partial charge in [0.15, 0.2) is 0 Å². The van der Waals surface area contributed by atoms with Gasteiger partial charge in [0.25, 0.3) is 0 Å². The van der Waals surface area contributed by atoms with Crippen LogP contribution in [0.4, 0.5) is 4.39 Å². The topological polar surface area (TPSA) is 17.8 Å². The minimum Gasteiger partial charge on any atom is -0.327 e. The van der Waals surface area contributed by atoms with Crippen LogP contribution in [0.1, 0.15) is 17.8 Å². The van der Waals surface area contributed by atoms with E-state index in [1.165, 1.54) is 17.7 Å². The fraction of sp³-hybridized carbons (Fsp3) is 0.235. The fourth-order valence-corrected chi connectivity index (χ4v) is 2.79. The Bertz CT molecular complexity index is 737. The summed E-state index contributed by atoms with van der Waals surface area (Å²) in [6.45, 7) is 0.789. The lowest BCUT2D eigenvalue weighted by Crippen LogP contribution is -2.03. The van der Waals surface area contributed by atoms with Crippen molar-refractivity contribution in [1.29, 1.82) is 0 Å². The van der Waals surface area contributed by atoms with Crippen LogP contribution in [-0.4, -0.2) is 9.55 Å². The van der Waals surface area contributed by atoms with Crippen molar-refractivity contribution in [3.05, 3.63) is 65.7 Å². The van der Waals surface area contributed by atoms with E-state index in [1.54, 1.807) is 6.07 Å². The second-order valence-corrected chi connectivity index (χ2v) is 5.30. The van der Waals surface area contributed by atoms with Gasteiger partial charge in [-0.1, -0.05) is 30.3 Å². The Labute approximate surface area is 128 Å². The lowest BCUT2D eigenvalue weighted by molar-refractivity contribution is 0.620. The summed E-state index contributed by atoms with van der Waals surface area (Å²) in [6.07, 6.45) is 1.95. The molecule has 1 heterocycles. The number of halogens is 2. The zero-order valence-electron chi connectivity index (χ0n) is 11.6. The average Bonchev–Trinajstić information content (AvgIpc) is 2.86. The van der Waals surface area contributed by atoms with Crippen LogP contribution in [0.2, 0.25) is 0 Å². The van der Waals surface area contributed by atoms with Crippen LogP contribution >= 0.6 is 11.6 Å². The van der Waals surface area contributed by atoms with Crippen LogP contribution in [0.5, 0.6) is 0 Å². The monoisotopic (exact) mass is 302 g/mol. The van der Waals surface area contributed by atoms with Crippen LogP contribution in [0.15, 0.2) is 48.5 Å². The van der Waals surface area contributed by atoms with Crippen molar-refractivity contribution in [3.63, 3.8) is 0 Å². The van der Waals surface area contributed by atoms with E-state index in [0.717, 1.165) is 36.2 Å². The van der Waals surface area contributed by atoms with Crippen LogP contribution in [0, 0.1) is 5.82 Å². The van der Waals surface area contributed by atoms with Gasteiger partial charge in [0, 0.05) is 6.54 Å². The molecule has 0 aliphatic carbocycles. The Morgan fingerprint density at radius 1 is 1.10 bits per heavy atom. The molecule has 0 radical (unpaired) electrons. The summed E-state index contributed by atoms with van der Waals surface area (Å²) >= 11 is 5.96. The van der Waals surface area contributed by atoms with Crippen molar-refractivity contribution in [2.24, 2.45) is 0 Å². The molecule has 4 heteroatoms. The Hall–Kier alpha value is -1.87. The van der Waals surface area contributed by atoms with Crippen LogP contribution < -0.4 is 0 Å². The molecule has 108 valence electrons. The molecule has 0 bridgehead atoms. The number of nitrogens with zero attached hydrogens (tertiary/aromatic N) is 2. The molecule has 0 fully saturated rings. The van der Waals surface area contributed by atoms with Crippen LogP contribution in [0.25, 0.3) is 11.0 Å². The molecule has 0 saturated heterocycles. The molecule has 0 atom stereocenters. The fourth-order valence-electron chi connectivity index (χ4n) is 2.58. The van der Waals surface area contributed by atoms with E-state index in [1.807, 2.05) is 22.8 Å². The highest BCUT2D eigenvalue weighted by Gasteiger charge is 2.10. The predicted octanol–water partition coefficient (Wildman–Crippen LogP) is 4.55. The summed E-state index contributed by atoms with van der Waals surface area (Å²) in [7, 11) is 0. The molecule has 0 aliphatic rings. The first-order valence-electron chi connectivity index (χ1n) is 7.02. The summed E-state index contributed by atoms with van der Waals surface area (Å²) in [5.74, 6) is 0.889. The molecule has 2 nitrogen and oxygen atoms in total. The Morgan fingerprint density at radius 2 is 1.90 bits per heavy atom. The molecule has 0 spiro atoms. The van der Waals surface area contributed by atoms with E-state index in [0.29, 0.717) is 5.88 Å². The normalized spacial score (nSPS) is 11.1. The summed E-state index contributed by atoms with van der Waals surface area (Å²) in [4.78, 5) is 4.46. The highest BCUT2D eigenvalue weighted by molar-refractivity contribution is 6.16. The first-order chi connectivity index (χ1) is 10.3. The van der Waals surface area contributed by atoms with Gasteiger partial charge in [-0.15, -0.1) is 11.6 Å². The number of aromatic nitrogens is 2. The highest BCUT2D eigenvalue weighted by atomic mass is 35.5. The van der Waals surface area contributed by atoms with E-state index in [4.69, 9.17) is 11.6 Å². The lowest BCUT2D eigenvalue weighted by atomic mass is 10.1. The summed E-state index contributed by atoms with van der Waals surface area (Å²) in [6, 6.07) is 15.0. The minimum absolute atomic E-state index is 0.243. The second-order valence-electron chi connectivity index (χ2n) is 5.04. The molecule has 1 aromatic heterocycles. The van der Waals surface area contributed by atoms with E-state index in [2.05, 4.69) is 17.1 Å². The number of benzene rings is 2. The maximum Gasteiger partial charge on any atom is 0.125 e. The number of hydrogen-bond acceptors (Lipinski definition) is 1. The molecule has 0 unspecified atom stereocenters. The number of alkyl halides is 1. The maximum atomic E-state index is 13.4. The Balaban J connectivity index is 1.80. The van der Waals surface area contributed by atoms with Crippen LogP contribution in [-0.2, 0) is 18.8 Å². The summed E-state index contributed by atoms with van der Waals surface area (Å²) in [5, 5.41) is 0. The molecule has 0 aliphatic heterocycles. The van der Waals surface area contributed by atoms with Gasteiger partial charge in [0.1, 0.15) is 11.6 Å². The lowest BCUT2D eigenvalue weighted by Gasteiger charge is -2.08. The number of fused-ring (bicyclic) bond motifs is 1. The maximum absolute atomic E-state index is 13.4. The number of rotatable bonds is 5. The number of aryl methyl sites for hydroxylation is 2. The third-order valence-corrected chi connectivity index (χ3v) is 3.84. The largest absolute Gasteiger partial charge is 0.327 e. The molecule has 0 N–H and O–H groups in total. The predicted molar refractivity (Wildman–Crippen MR) is 84.0 cm³/mol. The zero-order valence-corrected chi connectivity index (χ0v) is 12.4. The molecule has 0 amide bonds. The first-order valence-corrected chi connectivity index (χ1v) is 7.56. The molecule has 2 aromatic carbocycles. The van der Waals surface area contributed by atoms with Gasteiger partial charge in [-0.2, -0.15) is 0 Å². The third-order valence-electron chi connectivity index (χ3n) is 3.60. The number of hydrogen-bond donors (Lipinski definition) is 0. The van der Waals surface area contributed by atoms with Crippen LogP contribution in [0.3, 0.4) is 0 Å². The van der Waals surface area contributed by atoms with Crippen molar-refractivity contribution >= 4 is 22.6 Å². The van der Waals surface area contributed by atoms with E-state index < -0.39 is 0 Å². The van der Waals surface area contributed by atoms with Crippen molar-refractivity contribution in [3.8, 4) is 0 Å². The van der Waals surface area contributed by atoms with E-state index >= 15 is 0 Å². The third kappa shape index (κ3) is 3.08. The van der Waals surface area contributed by atoms with Gasteiger partial charge >= 0.3 is 0 Å². The molecular weight excluding hydrogens is 287 g/mol. The van der Waals surface area contributed by atoms with E-state index in [-0.39, 0.29) is 5.82 Å². The minimum atomic E-state index is -0.243. The molecule has 0 saturated carbocycles. The SMILES string of the molecule is Fc1ccc2nc(CCl)n(CCCc3ccccc3)c2c1. The Kier molecular flexibility index (Phi) is 4.20. The van der Waals surface area contributed by atoms with Gasteiger partial charge in [-0.3, -0.25) is 0 Å². The van der Waals surface area contributed by atoms with Gasteiger partial charge in [0.05, 0.1) is 16.9 Å². The standard InChI is InChI=1S/C17H16ClFN2/c18-12-17-20-15-9-8-14(19)11-16(15)21(17)10-4-7-13-5-2-1-3-6-13/h1-3,5-6,8-9,11H,4,7,10,12H2. The van der Waals surface area contributed by atoms with Gasteiger partial charge < -0.3 is 4.57 Å².